The third kappa shape index (κ3) is 3.46. The summed E-state index contributed by atoms with van der Waals surface area (Å²) in [7, 11) is 0. The molecule has 0 aliphatic heterocycles. The summed E-state index contributed by atoms with van der Waals surface area (Å²) in [6.45, 7) is 4.49. The van der Waals surface area contributed by atoms with E-state index in [0.717, 1.165) is 10.0 Å². The van der Waals surface area contributed by atoms with Gasteiger partial charge in [0.2, 0.25) is 0 Å². The molecule has 2 nitrogen and oxygen atoms in total. The third-order valence-corrected chi connectivity index (χ3v) is 2.38. The number of nitrogens with zero attached hydrogens (tertiary/aromatic N) is 1. The van der Waals surface area contributed by atoms with Crippen molar-refractivity contribution in [1.82, 2.24) is 5.06 Å². The van der Waals surface area contributed by atoms with Gasteiger partial charge in [0.25, 0.3) is 0 Å². The van der Waals surface area contributed by atoms with Gasteiger partial charge in [-0.05, 0) is 31.5 Å². The van der Waals surface area contributed by atoms with Crippen LogP contribution in [0.3, 0.4) is 0 Å². The molecule has 0 heterocycles. The third-order valence-electron chi connectivity index (χ3n) is 1.85. The highest BCUT2D eigenvalue weighted by atomic mass is 79.9. The lowest BCUT2D eigenvalue weighted by Crippen LogP contribution is -2.26. The molecule has 72 valence electrons. The Morgan fingerprint density at radius 3 is 2.31 bits per heavy atom. The Balaban J connectivity index is 2.59. The second-order valence-corrected chi connectivity index (χ2v) is 4.23. The van der Waals surface area contributed by atoms with Crippen molar-refractivity contribution in [3.8, 4) is 0 Å². The smallest absolute Gasteiger partial charge is 0.0491 e. The van der Waals surface area contributed by atoms with Crippen molar-refractivity contribution >= 4 is 15.9 Å². The van der Waals surface area contributed by atoms with E-state index in [0.29, 0.717) is 6.54 Å². The van der Waals surface area contributed by atoms with Crippen LogP contribution in [0.15, 0.2) is 28.7 Å². The van der Waals surface area contributed by atoms with Crippen LogP contribution in [0.5, 0.6) is 0 Å². The minimum absolute atomic E-state index is 0.156. The summed E-state index contributed by atoms with van der Waals surface area (Å²) in [5.41, 5.74) is 1.11. The Morgan fingerprint density at radius 1 is 1.31 bits per heavy atom. The van der Waals surface area contributed by atoms with Gasteiger partial charge in [0.05, 0.1) is 0 Å². The topological polar surface area (TPSA) is 23.5 Å². The second kappa shape index (κ2) is 4.74. The average Bonchev–Trinajstić information content (AvgIpc) is 2.08. The number of hydrogen-bond donors (Lipinski definition) is 1. The summed E-state index contributed by atoms with van der Waals surface area (Å²) in [5.74, 6) is 0. The van der Waals surface area contributed by atoms with Gasteiger partial charge in [-0.25, -0.2) is 0 Å². The molecule has 13 heavy (non-hydrogen) atoms. The van der Waals surface area contributed by atoms with Gasteiger partial charge >= 0.3 is 0 Å². The van der Waals surface area contributed by atoms with Crippen LogP contribution >= 0.6 is 15.9 Å². The Hall–Kier alpha value is -0.380. The quantitative estimate of drug-likeness (QED) is 0.826. The monoisotopic (exact) mass is 243 g/mol. The highest BCUT2D eigenvalue weighted by molar-refractivity contribution is 9.10. The van der Waals surface area contributed by atoms with Crippen molar-refractivity contribution in [2.24, 2.45) is 0 Å². The van der Waals surface area contributed by atoms with Crippen LogP contribution in [0.25, 0.3) is 0 Å². The summed E-state index contributed by atoms with van der Waals surface area (Å²) in [6.07, 6.45) is 0. The van der Waals surface area contributed by atoms with Crippen molar-refractivity contribution < 1.29 is 5.21 Å². The van der Waals surface area contributed by atoms with Crippen LogP contribution in [0.4, 0.5) is 0 Å². The summed E-state index contributed by atoms with van der Waals surface area (Å²) in [6, 6.07) is 8.10. The largest absolute Gasteiger partial charge is 0.313 e. The molecule has 0 radical (unpaired) electrons. The van der Waals surface area contributed by atoms with E-state index in [2.05, 4.69) is 15.9 Å². The van der Waals surface area contributed by atoms with Gasteiger partial charge < -0.3 is 5.21 Å². The molecular weight excluding hydrogens is 230 g/mol. The molecule has 3 heteroatoms. The first kappa shape index (κ1) is 10.7. The Labute approximate surface area is 87.3 Å². The van der Waals surface area contributed by atoms with Gasteiger partial charge in [0.15, 0.2) is 0 Å². The number of rotatable bonds is 3. The predicted octanol–water partition coefficient (Wildman–Crippen LogP) is 3.05. The maximum absolute atomic E-state index is 9.47. The van der Waals surface area contributed by atoms with E-state index in [1.165, 1.54) is 5.06 Å². The van der Waals surface area contributed by atoms with Crippen molar-refractivity contribution in [3.05, 3.63) is 34.3 Å². The van der Waals surface area contributed by atoms with Gasteiger partial charge in [-0.1, -0.05) is 28.1 Å². The molecule has 1 aromatic rings. The van der Waals surface area contributed by atoms with E-state index in [1.807, 2.05) is 38.1 Å². The van der Waals surface area contributed by atoms with E-state index in [-0.39, 0.29) is 6.04 Å². The van der Waals surface area contributed by atoms with E-state index in [9.17, 15) is 5.21 Å². The fourth-order valence-electron chi connectivity index (χ4n) is 0.959. The van der Waals surface area contributed by atoms with Gasteiger partial charge in [-0.3, -0.25) is 0 Å². The molecule has 0 aliphatic rings. The number of halogens is 1. The van der Waals surface area contributed by atoms with Crippen molar-refractivity contribution in [3.63, 3.8) is 0 Å². The molecule has 0 saturated carbocycles. The normalized spacial score (nSPS) is 11.2. The summed E-state index contributed by atoms with van der Waals surface area (Å²) in [5, 5.41) is 10.8. The first-order valence-electron chi connectivity index (χ1n) is 4.29. The molecule has 0 amide bonds. The van der Waals surface area contributed by atoms with Crippen LogP contribution in [0, 0.1) is 0 Å². The molecule has 0 unspecified atom stereocenters. The van der Waals surface area contributed by atoms with Gasteiger partial charge in [-0.2, -0.15) is 5.06 Å². The zero-order chi connectivity index (χ0) is 9.84. The molecule has 0 aromatic heterocycles. The van der Waals surface area contributed by atoms with Crippen molar-refractivity contribution in [2.75, 3.05) is 0 Å². The molecule has 1 N–H and O–H groups in total. The Morgan fingerprint density at radius 2 is 1.85 bits per heavy atom. The summed E-state index contributed by atoms with van der Waals surface area (Å²) < 4.78 is 1.06. The highest BCUT2D eigenvalue weighted by Gasteiger charge is 2.05. The summed E-state index contributed by atoms with van der Waals surface area (Å²) >= 11 is 3.36. The van der Waals surface area contributed by atoms with Crippen molar-refractivity contribution in [2.45, 2.75) is 26.4 Å². The molecular formula is C10H14BrNO. The number of hydroxylamine groups is 2. The van der Waals surface area contributed by atoms with Crippen molar-refractivity contribution in [1.29, 1.82) is 0 Å². The maximum atomic E-state index is 9.47. The first-order valence-corrected chi connectivity index (χ1v) is 5.09. The average molecular weight is 244 g/mol. The maximum Gasteiger partial charge on any atom is 0.0491 e. The van der Waals surface area contributed by atoms with Crippen LogP contribution < -0.4 is 0 Å². The molecule has 0 spiro atoms. The minimum atomic E-state index is 0.156. The Bertz CT molecular complexity index is 258. The zero-order valence-electron chi connectivity index (χ0n) is 7.87. The zero-order valence-corrected chi connectivity index (χ0v) is 9.45. The van der Waals surface area contributed by atoms with E-state index < -0.39 is 0 Å². The fraction of sp³-hybridized carbons (Fsp3) is 0.400. The lowest BCUT2D eigenvalue weighted by atomic mass is 10.2. The van der Waals surface area contributed by atoms with E-state index >= 15 is 0 Å². The first-order chi connectivity index (χ1) is 6.09. The van der Waals surface area contributed by atoms with E-state index in [4.69, 9.17) is 0 Å². The standard InChI is InChI=1S/C10H14BrNO/c1-8(2)12(13)7-9-3-5-10(11)6-4-9/h3-6,8,13H,7H2,1-2H3. The van der Waals surface area contributed by atoms with Crippen LogP contribution in [-0.2, 0) is 6.54 Å². The molecule has 1 aromatic carbocycles. The molecule has 0 atom stereocenters. The minimum Gasteiger partial charge on any atom is -0.313 e. The number of hydrogen-bond acceptors (Lipinski definition) is 2. The lowest BCUT2D eigenvalue weighted by Gasteiger charge is -2.18. The lowest BCUT2D eigenvalue weighted by molar-refractivity contribution is -0.125. The van der Waals surface area contributed by atoms with Crippen LogP contribution in [0.2, 0.25) is 0 Å². The Kier molecular flexibility index (Phi) is 3.90. The fourth-order valence-corrected chi connectivity index (χ4v) is 1.22. The second-order valence-electron chi connectivity index (χ2n) is 3.32. The van der Waals surface area contributed by atoms with Crippen LogP contribution in [0.1, 0.15) is 19.4 Å². The molecule has 0 saturated heterocycles. The number of benzene rings is 1. The van der Waals surface area contributed by atoms with Gasteiger partial charge in [-0.15, -0.1) is 0 Å². The van der Waals surface area contributed by atoms with Gasteiger partial charge in [0, 0.05) is 17.1 Å². The molecule has 0 fully saturated rings. The van der Waals surface area contributed by atoms with Gasteiger partial charge in [0.1, 0.15) is 0 Å². The highest BCUT2D eigenvalue weighted by Crippen LogP contribution is 2.12. The predicted molar refractivity (Wildman–Crippen MR) is 56.6 cm³/mol. The van der Waals surface area contributed by atoms with Crippen LogP contribution in [-0.4, -0.2) is 16.3 Å². The van der Waals surface area contributed by atoms with E-state index in [1.54, 1.807) is 0 Å². The molecule has 1 rings (SSSR count). The molecule has 0 bridgehead atoms. The molecule has 0 aliphatic carbocycles. The SMILES string of the molecule is CC(C)N(O)Cc1ccc(Br)cc1. The summed E-state index contributed by atoms with van der Waals surface area (Å²) in [4.78, 5) is 0.